The van der Waals surface area contributed by atoms with Crippen LogP contribution in [-0.4, -0.2) is 11.2 Å². The van der Waals surface area contributed by atoms with Crippen molar-refractivity contribution >= 4 is 0 Å². The fraction of sp³-hybridized carbons (Fsp3) is 1.00. The molecule has 0 aromatic rings. The zero-order chi connectivity index (χ0) is 11.3. The maximum atomic E-state index is 10.1. The molecule has 0 aromatic carbocycles. The van der Waals surface area contributed by atoms with Crippen LogP contribution >= 0.6 is 0 Å². The average Bonchev–Trinajstić information content (AvgIpc) is 2.29. The zero-order valence-corrected chi connectivity index (χ0v) is 10.7. The quantitative estimate of drug-likeness (QED) is 0.730. The summed E-state index contributed by atoms with van der Waals surface area (Å²) in [6.07, 6.45) is 8.72. The summed E-state index contributed by atoms with van der Waals surface area (Å²) in [5.41, 5.74) is 0. The summed E-state index contributed by atoms with van der Waals surface area (Å²) in [6, 6.07) is 0. The zero-order valence-electron chi connectivity index (χ0n) is 10.7. The monoisotopic (exact) mass is 212 g/mol. The smallest absolute Gasteiger partial charge is 0.0570 e. The van der Waals surface area contributed by atoms with E-state index < -0.39 is 0 Å². The molecule has 0 bridgehead atoms. The molecule has 0 radical (unpaired) electrons. The second kappa shape index (κ2) is 6.52. The van der Waals surface area contributed by atoms with Gasteiger partial charge in [-0.25, -0.2) is 0 Å². The van der Waals surface area contributed by atoms with Crippen molar-refractivity contribution in [2.24, 2.45) is 17.8 Å². The molecule has 0 aromatic heterocycles. The molecular weight excluding hydrogens is 184 g/mol. The third-order valence-corrected chi connectivity index (χ3v) is 4.35. The molecule has 2 unspecified atom stereocenters. The maximum absolute atomic E-state index is 10.1. The third-order valence-electron chi connectivity index (χ3n) is 4.35. The summed E-state index contributed by atoms with van der Waals surface area (Å²) in [7, 11) is 0. The highest BCUT2D eigenvalue weighted by molar-refractivity contribution is 4.77. The van der Waals surface area contributed by atoms with Crippen molar-refractivity contribution in [3.63, 3.8) is 0 Å². The van der Waals surface area contributed by atoms with E-state index in [1.165, 1.54) is 38.5 Å². The molecule has 1 rings (SSSR count). The van der Waals surface area contributed by atoms with Crippen LogP contribution in [0.25, 0.3) is 0 Å². The van der Waals surface area contributed by atoms with E-state index in [0.29, 0.717) is 11.8 Å². The molecule has 1 aliphatic rings. The molecule has 1 heteroatoms. The van der Waals surface area contributed by atoms with Gasteiger partial charge >= 0.3 is 0 Å². The van der Waals surface area contributed by atoms with E-state index in [4.69, 9.17) is 0 Å². The number of hydrogen-bond donors (Lipinski definition) is 1. The van der Waals surface area contributed by atoms with Crippen LogP contribution < -0.4 is 0 Å². The third kappa shape index (κ3) is 4.14. The van der Waals surface area contributed by atoms with Gasteiger partial charge in [-0.1, -0.05) is 46.5 Å². The SMILES string of the molecule is CCC(C)CC(O)C1CCC(CC)CC1. The molecule has 2 atom stereocenters. The van der Waals surface area contributed by atoms with Crippen LogP contribution in [0.5, 0.6) is 0 Å². The van der Waals surface area contributed by atoms with E-state index in [1.54, 1.807) is 0 Å². The highest BCUT2D eigenvalue weighted by Crippen LogP contribution is 2.34. The molecule has 1 N–H and O–H groups in total. The maximum Gasteiger partial charge on any atom is 0.0570 e. The van der Waals surface area contributed by atoms with Crippen molar-refractivity contribution in [3.8, 4) is 0 Å². The van der Waals surface area contributed by atoms with E-state index in [1.807, 2.05) is 0 Å². The van der Waals surface area contributed by atoms with Crippen molar-refractivity contribution in [1.82, 2.24) is 0 Å². The van der Waals surface area contributed by atoms with Crippen molar-refractivity contribution < 1.29 is 5.11 Å². The van der Waals surface area contributed by atoms with Gasteiger partial charge < -0.3 is 5.11 Å². The molecule has 1 nitrogen and oxygen atoms in total. The summed E-state index contributed by atoms with van der Waals surface area (Å²) in [5, 5.41) is 10.1. The van der Waals surface area contributed by atoms with Gasteiger partial charge in [0.05, 0.1) is 6.10 Å². The van der Waals surface area contributed by atoms with Gasteiger partial charge in [-0.3, -0.25) is 0 Å². The fourth-order valence-electron chi connectivity index (χ4n) is 2.75. The first-order chi connectivity index (χ1) is 7.17. The predicted octanol–water partition coefficient (Wildman–Crippen LogP) is 4.00. The van der Waals surface area contributed by atoms with E-state index in [9.17, 15) is 5.11 Å². The van der Waals surface area contributed by atoms with Crippen LogP contribution in [0.15, 0.2) is 0 Å². The summed E-state index contributed by atoms with van der Waals surface area (Å²) < 4.78 is 0. The van der Waals surface area contributed by atoms with Crippen molar-refractivity contribution in [2.75, 3.05) is 0 Å². The molecule has 0 spiro atoms. The minimum Gasteiger partial charge on any atom is -0.393 e. The number of aliphatic hydroxyl groups excluding tert-OH is 1. The van der Waals surface area contributed by atoms with Crippen LogP contribution in [-0.2, 0) is 0 Å². The molecule has 15 heavy (non-hydrogen) atoms. The molecule has 0 saturated heterocycles. The topological polar surface area (TPSA) is 20.2 Å². The first kappa shape index (κ1) is 13.0. The minimum atomic E-state index is -0.0299. The Morgan fingerprint density at radius 2 is 1.73 bits per heavy atom. The summed E-state index contributed by atoms with van der Waals surface area (Å²) in [6.45, 7) is 6.76. The second-order valence-corrected chi connectivity index (χ2v) is 5.51. The van der Waals surface area contributed by atoms with Crippen LogP contribution in [0, 0.1) is 17.8 Å². The molecular formula is C14H28O. The van der Waals surface area contributed by atoms with Crippen molar-refractivity contribution in [1.29, 1.82) is 0 Å². The van der Waals surface area contributed by atoms with Gasteiger partial charge in [-0.05, 0) is 37.0 Å². The molecule has 0 amide bonds. The fourth-order valence-corrected chi connectivity index (χ4v) is 2.75. The highest BCUT2D eigenvalue weighted by Gasteiger charge is 2.26. The van der Waals surface area contributed by atoms with Gasteiger partial charge in [-0.2, -0.15) is 0 Å². The number of aliphatic hydroxyl groups is 1. The molecule has 1 fully saturated rings. The van der Waals surface area contributed by atoms with Gasteiger partial charge in [0.1, 0.15) is 0 Å². The normalized spacial score (nSPS) is 31.2. The van der Waals surface area contributed by atoms with E-state index in [-0.39, 0.29) is 6.10 Å². The summed E-state index contributed by atoms with van der Waals surface area (Å²) in [5.74, 6) is 2.22. The van der Waals surface area contributed by atoms with E-state index in [0.717, 1.165) is 12.3 Å². The van der Waals surface area contributed by atoms with Crippen LogP contribution in [0.2, 0.25) is 0 Å². The standard InChI is InChI=1S/C14H28O/c1-4-11(3)10-14(15)13-8-6-12(5-2)7-9-13/h11-15H,4-10H2,1-3H3. The van der Waals surface area contributed by atoms with Crippen LogP contribution in [0.3, 0.4) is 0 Å². The Labute approximate surface area is 95.3 Å². The van der Waals surface area contributed by atoms with Gasteiger partial charge in [-0.15, -0.1) is 0 Å². The Morgan fingerprint density at radius 1 is 1.13 bits per heavy atom. The lowest BCUT2D eigenvalue weighted by Crippen LogP contribution is -2.27. The summed E-state index contributed by atoms with van der Waals surface area (Å²) in [4.78, 5) is 0. The molecule has 0 heterocycles. The minimum absolute atomic E-state index is 0.0299. The second-order valence-electron chi connectivity index (χ2n) is 5.51. The van der Waals surface area contributed by atoms with Gasteiger partial charge in [0.2, 0.25) is 0 Å². The molecule has 0 aliphatic heterocycles. The van der Waals surface area contributed by atoms with Crippen molar-refractivity contribution in [2.45, 2.75) is 71.8 Å². The molecule has 1 saturated carbocycles. The number of hydrogen-bond acceptors (Lipinski definition) is 1. The van der Waals surface area contributed by atoms with Crippen LogP contribution in [0.4, 0.5) is 0 Å². The molecule has 1 aliphatic carbocycles. The Kier molecular flexibility index (Phi) is 5.66. The predicted molar refractivity (Wildman–Crippen MR) is 65.8 cm³/mol. The highest BCUT2D eigenvalue weighted by atomic mass is 16.3. The van der Waals surface area contributed by atoms with Gasteiger partial charge in [0.15, 0.2) is 0 Å². The first-order valence-corrected chi connectivity index (χ1v) is 6.85. The lowest BCUT2D eigenvalue weighted by atomic mass is 9.77. The Bertz CT molecular complexity index is 159. The lowest BCUT2D eigenvalue weighted by Gasteiger charge is -2.32. The number of rotatable bonds is 5. The largest absolute Gasteiger partial charge is 0.393 e. The van der Waals surface area contributed by atoms with Gasteiger partial charge in [0.25, 0.3) is 0 Å². The lowest BCUT2D eigenvalue weighted by molar-refractivity contribution is 0.0543. The molecule has 90 valence electrons. The van der Waals surface area contributed by atoms with E-state index in [2.05, 4.69) is 20.8 Å². The average molecular weight is 212 g/mol. The van der Waals surface area contributed by atoms with Crippen molar-refractivity contribution in [3.05, 3.63) is 0 Å². The Hall–Kier alpha value is -0.0400. The van der Waals surface area contributed by atoms with Gasteiger partial charge in [0, 0.05) is 0 Å². The summed E-state index contributed by atoms with van der Waals surface area (Å²) >= 11 is 0. The van der Waals surface area contributed by atoms with E-state index >= 15 is 0 Å². The first-order valence-electron chi connectivity index (χ1n) is 6.85. The Balaban J connectivity index is 2.26. The van der Waals surface area contributed by atoms with Crippen LogP contribution in [0.1, 0.15) is 65.7 Å². The Morgan fingerprint density at radius 3 is 2.20 bits per heavy atom.